The fourth-order valence-corrected chi connectivity index (χ4v) is 2.18. The second-order valence-electron chi connectivity index (χ2n) is 5.48. The van der Waals surface area contributed by atoms with E-state index in [1.54, 1.807) is 20.3 Å². The van der Waals surface area contributed by atoms with E-state index < -0.39 is 0 Å². The Balaban J connectivity index is 2.70. The molecule has 0 aliphatic rings. The van der Waals surface area contributed by atoms with Gasteiger partial charge in [0.25, 0.3) is 0 Å². The molecule has 4 nitrogen and oxygen atoms in total. The van der Waals surface area contributed by atoms with Crippen molar-refractivity contribution < 1.29 is 19.0 Å². The number of ether oxygens (including phenoxy) is 3. The van der Waals surface area contributed by atoms with Crippen molar-refractivity contribution in [3.63, 3.8) is 0 Å². The summed E-state index contributed by atoms with van der Waals surface area (Å²) in [6.45, 7) is 7.66. The summed E-state index contributed by atoms with van der Waals surface area (Å²) < 4.78 is 16.4. The van der Waals surface area contributed by atoms with Crippen molar-refractivity contribution in [3.8, 4) is 11.5 Å². The summed E-state index contributed by atoms with van der Waals surface area (Å²) in [5.74, 6) is 1.36. The molecule has 4 heteroatoms. The van der Waals surface area contributed by atoms with E-state index in [4.69, 9.17) is 14.2 Å². The molecule has 0 aliphatic heterocycles. The SMILES string of the molecule is C=C[C@@H](C/C(C)=C/[C@@H](OC)[C@@H](C)C=O)Oc1ccc(OC)cc1. The summed E-state index contributed by atoms with van der Waals surface area (Å²) in [4.78, 5) is 10.9. The number of hydrogen-bond acceptors (Lipinski definition) is 4. The highest BCUT2D eigenvalue weighted by Gasteiger charge is 2.15. The van der Waals surface area contributed by atoms with Crippen LogP contribution in [-0.2, 0) is 9.53 Å². The first-order valence-corrected chi connectivity index (χ1v) is 7.62. The van der Waals surface area contributed by atoms with Crippen LogP contribution in [0.3, 0.4) is 0 Å². The average Bonchev–Trinajstić information content (AvgIpc) is 2.58. The van der Waals surface area contributed by atoms with Gasteiger partial charge in [-0.2, -0.15) is 0 Å². The molecule has 0 spiro atoms. The smallest absolute Gasteiger partial charge is 0.125 e. The Morgan fingerprint density at radius 1 is 1.22 bits per heavy atom. The van der Waals surface area contributed by atoms with E-state index in [1.165, 1.54) is 0 Å². The van der Waals surface area contributed by atoms with Gasteiger partial charge in [0.2, 0.25) is 0 Å². The van der Waals surface area contributed by atoms with Crippen molar-refractivity contribution in [3.05, 3.63) is 48.6 Å². The third kappa shape index (κ3) is 6.28. The molecule has 0 aliphatic carbocycles. The monoisotopic (exact) mass is 318 g/mol. The van der Waals surface area contributed by atoms with Crippen molar-refractivity contribution in [2.24, 2.45) is 5.92 Å². The van der Waals surface area contributed by atoms with Crippen molar-refractivity contribution in [1.29, 1.82) is 0 Å². The van der Waals surface area contributed by atoms with Gasteiger partial charge in [0.15, 0.2) is 0 Å². The maximum atomic E-state index is 10.9. The summed E-state index contributed by atoms with van der Waals surface area (Å²) in [7, 11) is 3.23. The average molecular weight is 318 g/mol. The van der Waals surface area contributed by atoms with Crippen LogP contribution in [0.5, 0.6) is 11.5 Å². The zero-order valence-electron chi connectivity index (χ0n) is 14.3. The van der Waals surface area contributed by atoms with Crippen LogP contribution >= 0.6 is 0 Å². The predicted octanol–water partition coefficient (Wildman–Crippen LogP) is 3.82. The molecule has 0 saturated carbocycles. The van der Waals surface area contributed by atoms with Crippen LogP contribution < -0.4 is 9.47 Å². The van der Waals surface area contributed by atoms with Gasteiger partial charge >= 0.3 is 0 Å². The van der Waals surface area contributed by atoms with Crippen LogP contribution in [0.2, 0.25) is 0 Å². The molecule has 1 rings (SSSR count). The van der Waals surface area contributed by atoms with Crippen molar-refractivity contribution in [2.75, 3.05) is 14.2 Å². The Morgan fingerprint density at radius 3 is 2.30 bits per heavy atom. The first-order valence-electron chi connectivity index (χ1n) is 7.62. The fourth-order valence-electron chi connectivity index (χ4n) is 2.18. The first kappa shape index (κ1) is 19.0. The number of carbonyl (C=O) groups excluding carboxylic acids is 1. The molecule has 0 heterocycles. The standard InChI is InChI=1S/C19H26O4/c1-6-16(23-18-9-7-17(21-4)8-10-18)11-14(2)12-19(22-5)15(3)13-20/h6-10,12-13,15-16,19H,1,11H2,2-5H3/b14-12+/t15-,16-,19+/m0/s1. The van der Waals surface area contributed by atoms with Crippen LogP contribution in [0.25, 0.3) is 0 Å². The largest absolute Gasteiger partial charge is 0.497 e. The van der Waals surface area contributed by atoms with E-state index in [0.717, 1.165) is 23.4 Å². The van der Waals surface area contributed by atoms with Gasteiger partial charge in [-0.1, -0.05) is 31.2 Å². The molecule has 126 valence electrons. The van der Waals surface area contributed by atoms with Crippen LogP contribution in [0.15, 0.2) is 48.6 Å². The Bertz CT molecular complexity index is 519. The Kier molecular flexibility index (Phi) is 8.13. The Labute approximate surface area is 138 Å². The molecule has 1 aromatic rings. The maximum absolute atomic E-state index is 10.9. The van der Waals surface area contributed by atoms with Gasteiger partial charge < -0.3 is 19.0 Å². The number of rotatable bonds is 10. The molecule has 0 N–H and O–H groups in total. The first-order chi connectivity index (χ1) is 11.0. The molecule has 0 unspecified atom stereocenters. The molecule has 3 atom stereocenters. The van der Waals surface area contributed by atoms with E-state index in [9.17, 15) is 4.79 Å². The van der Waals surface area contributed by atoms with E-state index >= 15 is 0 Å². The zero-order valence-corrected chi connectivity index (χ0v) is 14.3. The zero-order chi connectivity index (χ0) is 17.2. The Morgan fingerprint density at radius 2 is 1.83 bits per heavy atom. The molecule has 0 amide bonds. The highest BCUT2D eigenvalue weighted by atomic mass is 16.5. The van der Waals surface area contributed by atoms with E-state index in [-0.39, 0.29) is 18.1 Å². The second kappa shape index (κ2) is 9.85. The highest BCUT2D eigenvalue weighted by Crippen LogP contribution is 2.21. The van der Waals surface area contributed by atoms with Crippen LogP contribution in [0.4, 0.5) is 0 Å². The van der Waals surface area contributed by atoms with Gasteiger partial charge in [-0.3, -0.25) is 0 Å². The molecule has 0 saturated heterocycles. The summed E-state index contributed by atoms with van der Waals surface area (Å²) in [5, 5.41) is 0. The van der Waals surface area contributed by atoms with Gasteiger partial charge in [-0.05, 0) is 31.2 Å². The normalized spacial score (nSPS) is 15.4. The topological polar surface area (TPSA) is 44.8 Å². The van der Waals surface area contributed by atoms with Gasteiger partial charge in [-0.15, -0.1) is 0 Å². The minimum Gasteiger partial charge on any atom is -0.497 e. The number of methoxy groups -OCH3 is 2. The molecule has 1 aromatic carbocycles. The number of benzene rings is 1. The molecule has 0 radical (unpaired) electrons. The summed E-state index contributed by atoms with van der Waals surface area (Å²) in [6, 6.07) is 7.43. The number of hydrogen-bond donors (Lipinski definition) is 0. The third-order valence-corrected chi connectivity index (χ3v) is 3.59. The maximum Gasteiger partial charge on any atom is 0.125 e. The van der Waals surface area contributed by atoms with E-state index in [0.29, 0.717) is 6.42 Å². The van der Waals surface area contributed by atoms with Gasteiger partial charge in [-0.25, -0.2) is 0 Å². The quantitative estimate of drug-likeness (QED) is 0.486. The summed E-state index contributed by atoms with van der Waals surface area (Å²) >= 11 is 0. The second-order valence-corrected chi connectivity index (χ2v) is 5.48. The third-order valence-electron chi connectivity index (χ3n) is 3.59. The fraction of sp³-hybridized carbons (Fsp3) is 0.421. The minimum atomic E-state index is -0.223. The minimum absolute atomic E-state index is 0.149. The number of aldehydes is 1. The Hall–Kier alpha value is -2.07. The van der Waals surface area contributed by atoms with E-state index in [2.05, 4.69) is 6.58 Å². The van der Waals surface area contributed by atoms with Crippen molar-refractivity contribution >= 4 is 6.29 Å². The molecular formula is C19H26O4. The lowest BCUT2D eigenvalue weighted by atomic mass is 10.0. The number of carbonyl (C=O) groups is 1. The molecule has 23 heavy (non-hydrogen) atoms. The lowest BCUT2D eigenvalue weighted by molar-refractivity contribution is -0.113. The van der Waals surface area contributed by atoms with Crippen molar-refractivity contribution in [2.45, 2.75) is 32.5 Å². The summed E-state index contributed by atoms with van der Waals surface area (Å²) in [5.41, 5.74) is 1.09. The molecule has 0 fully saturated rings. The van der Waals surface area contributed by atoms with Gasteiger partial charge in [0.05, 0.1) is 13.2 Å². The van der Waals surface area contributed by atoms with Crippen LogP contribution in [-0.4, -0.2) is 32.7 Å². The van der Waals surface area contributed by atoms with Crippen molar-refractivity contribution in [1.82, 2.24) is 0 Å². The lowest BCUT2D eigenvalue weighted by Crippen LogP contribution is -2.20. The van der Waals surface area contributed by atoms with Gasteiger partial charge in [0.1, 0.15) is 23.9 Å². The van der Waals surface area contributed by atoms with Crippen LogP contribution in [0.1, 0.15) is 20.3 Å². The summed E-state index contributed by atoms with van der Waals surface area (Å²) in [6.07, 6.45) is 4.94. The van der Waals surface area contributed by atoms with Crippen LogP contribution in [0, 0.1) is 5.92 Å². The van der Waals surface area contributed by atoms with E-state index in [1.807, 2.05) is 44.2 Å². The lowest BCUT2D eigenvalue weighted by Gasteiger charge is -2.19. The molecule has 0 aromatic heterocycles. The molecule has 0 bridgehead atoms. The van der Waals surface area contributed by atoms with Gasteiger partial charge in [0, 0.05) is 19.4 Å². The highest BCUT2D eigenvalue weighted by molar-refractivity contribution is 5.54. The molecular weight excluding hydrogens is 292 g/mol. The predicted molar refractivity (Wildman–Crippen MR) is 92.0 cm³/mol.